The van der Waals surface area contributed by atoms with Gasteiger partial charge in [-0.3, -0.25) is 0 Å². The molecule has 1 heterocycles. The van der Waals surface area contributed by atoms with Gasteiger partial charge >= 0.3 is 0 Å². The van der Waals surface area contributed by atoms with Gasteiger partial charge in [-0.2, -0.15) is 0 Å². The smallest absolute Gasteiger partial charge is 0.132 e. The lowest BCUT2D eigenvalue weighted by Gasteiger charge is -2.40. The quantitative estimate of drug-likeness (QED) is 0.555. The van der Waals surface area contributed by atoms with E-state index in [-0.39, 0.29) is 6.61 Å². The molecule has 5 nitrogen and oxygen atoms in total. The van der Waals surface area contributed by atoms with E-state index in [9.17, 15) is 15.3 Å². The summed E-state index contributed by atoms with van der Waals surface area (Å²) in [7, 11) is 0. The van der Waals surface area contributed by atoms with Crippen LogP contribution in [0.15, 0.2) is 0 Å². The average molecular weight is 322 g/mol. The van der Waals surface area contributed by atoms with Crippen LogP contribution in [0.5, 0.6) is 0 Å². The number of hydrogen-bond donors (Lipinski definition) is 4. The van der Waals surface area contributed by atoms with Crippen LogP contribution in [0.3, 0.4) is 0 Å². The van der Waals surface area contributed by atoms with E-state index >= 15 is 0 Å². The molecule has 1 rings (SSSR count). The van der Waals surface area contributed by atoms with Gasteiger partial charge in [0, 0.05) is 0 Å². The van der Waals surface area contributed by atoms with Crippen LogP contribution in [-0.4, -0.2) is 62.6 Å². The molecule has 1 aliphatic heterocycles. The van der Waals surface area contributed by atoms with Crippen molar-refractivity contribution in [2.45, 2.75) is 64.0 Å². The van der Waals surface area contributed by atoms with Crippen molar-refractivity contribution in [2.75, 3.05) is 12.4 Å². The highest BCUT2D eigenvalue weighted by Gasteiger charge is 2.43. The summed E-state index contributed by atoms with van der Waals surface area (Å²) in [6, 6.07) is 0. The topological polar surface area (TPSA) is 90.2 Å². The van der Waals surface area contributed by atoms with Crippen LogP contribution >= 0.6 is 11.8 Å². The third-order valence-corrected chi connectivity index (χ3v) is 6.25. The van der Waals surface area contributed by atoms with Crippen LogP contribution in [0.2, 0.25) is 0 Å². The van der Waals surface area contributed by atoms with Gasteiger partial charge in [0.1, 0.15) is 29.9 Å². The Morgan fingerprint density at radius 3 is 2.14 bits per heavy atom. The Morgan fingerprint density at radius 1 is 1.00 bits per heavy atom. The molecule has 0 amide bonds. The van der Waals surface area contributed by atoms with Crippen molar-refractivity contribution in [1.82, 2.24) is 0 Å². The molecule has 0 aromatic carbocycles. The molecule has 1 fully saturated rings. The van der Waals surface area contributed by atoms with E-state index in [1.165, 1.54) is 11.8 Å². The Labute approximate surface area is 131 Å². The lowest BCUT2D eigenvalue weighted by atomic mass is 9.85. The summed E-state index contributed by atoms with van der Waals surface area (Å²) in [5.74, 6) is 2.45. The van der Waals surface area contributed by atoms with Crippen molar-refractivity contribution in [3.63, 3.8) is 0 Å². The second-order valence-electron chi connectivity index (χ2n) is 6.25. The van der Waals surface area contributed by atoms with Gasteiger partial charge < -0.3 is 25.2 Å². The Balaban J connectivity index is 2.53. The first kappa shape index (κ1) is 19.2. The maximum Gasteiger partial charge on any atom is 0.132 e. The van der Waals surface area contributed by atoms with Gasteiger partial charge in [-0.25, -0.2) is 0 Å². The van der Waals surface area contributed by atoms with E-state index in [1.807, 2.05) is 0 Å². The largest absolute Gasteiger partial charge is 0.394 e. The highest BCUT2D eigenvalue weighted by molar-refractivity contribution is 7.99. The van der Waals surface area contributed by atoms with Crippen LogP contribution in [0.25, 0.3) is 0 Å². The first-order chi connectivity index (χ1) is 9.83. The Bertz CT molecular complexity index is 302. The van der Waals surface area contributed by atoms with E-state index in [0.717, 1.165) is 12.2 Å². The van der Waals surface area contributed by atoms with Crippen LogP contribution in [-0.2, 0) is 4.74 Å². The minimum atomic E-state index is -1.28. The standard InChI is InChI=1S/C15H30O5S/c1-5-8(2)10(4)9(3)7-21-15-14(19)13(18)12(17)11(6-16)20-15/h8-19H,5-7H2,1-4H3/t8-,9+,10-,11?,12+,13+,14?,15+/m1/s1. The van der Waals surface area contributed by atoms with E-state index in [0.29, 0.717) is 17.8 Å². The van der Waals surface area contributed by atoms with E-state index < -0.39 is 29.9 Å². The SMILES string of the molecule is CC[C@@H](C)[C@@H](C)[C@@H](C)CS[C@@H]1OC(CO)[C@H](O)[C@H](O)C1O. The number of rotatable bonds is 7. The molecular formula is C15H30O5S. The second-order valence-corrected chi connectivity index (χ2v) is 7.38. The Kier molecular flexibility index (Phi) is 7.95. The minimum absolute atomic E-state index is 0.374. The molecule has 0 spiro atoms. The van der Waals surface area contributed by atoms with Crippen molar-refractivity contribution in [3.8, 4) is 0 Å². The molecule has 21 heavy (non-hydrogen) atoms. The Hall–Kier alpha value is 0.150. The Morgan fingerprint density at radius 2 is 1.62 bits per heavy atom. The monoisotopic (exact) mass is 322 g/mol. The first-order valence-electron chi connectivity index (χ1n) is 7.75. The average Bonchev–Trinajstić information content (AvgIpc) is 2.50. The molecule has 1 aliphatic rings. The zero-order valence-corrected chi connectivity index (χ0v) is 14.2. The number of aliphatic hydroxyl groups excluding tert-OH is 4. The predicted molar refractivity (Wildman–Crippen MR) is 84.0 cm³/mol. The summed E-state index contributed by atoms with van der Waals surface area (Å²) in [5.41, 5.74) is -0.618. The minimum Gasteiger partial charge on any atom is -0.394 e. The zero-order valence-electron chi connectivity index (χ0n) is 13.3. The van der Waals surface area contributed by atoms with Crippen LogP contribution in [0.4, 0.5) is 0 Å². The van der Waals surface area contributed by atoms with Crippen molar-refractivity contribution < 1.29 is 25.2 Å². The van der Waals surface area contributed by atoms with Gasteiger partial charge in [0.15, 0.2) is 0 Å². The van der Waals surface area contributed by atoms with Crippen molar-refractivity contribution in [2.24, 2.45) is 17.8 Å². The summed E-state index contributed by atoms with van der Waals surface area (Å²) in [5, 5.41) is 38.7. The molecule has 0 aromatic heterocycles. The van der Waals surface area contributed by atoms with Gasteiger partial charge in [-0.05, 0) is 23.5 Å². The highest BCUT2D eigenvalue weighted by atomic mass is 32.2. The first-order valence-corrected chi connectivity index (χ1v) is 8.80. The van der Waals surface area contributed by atoms with Crippen molar-refractivity contribution in [1.29, 1.82) is 0 Å². The van der Waals surface area contributed by atoms with Crippen LogP contribution in [0, 0.1) is 17.8 Å². The number of ether oxygens (including phenoxy) is 1. The maximum atomic E-state index is 9.99. The summed E-state index contributed by atoms with van der Waals surface area (Å²) in [6.45, 7) is 8.44. The molecule has 2 unspecified atom stereocenters. The molecule has 126 valence electrons. The fourth-order valence-corrected chi connectivity index (χ4v) is 3.91. The lowest BCUT2D eigenvalue weighted by Crippen LogP contribution is -2.57. The molecule has 0 aromatic rings. The van der Waals surface area contributed by atoms with Gasteiger partial charge in [0.05, 0.1) is 6.61 Å². The van der Waals surface area contributed by atoms with E-state index in [1.54, 1.807) is 0 Å². The van der Waals surface area contributed by atoms with Crippen LogP contribution in [0.1, 0.15) is 34.1 Å². The molecule has 8 atom stereocenters. The highest BCUT2D eigenvalue weighted by Crippen LogP contribution is 2.32. The summed E-state index contributed by atoms with van der Waals surface area (Å²) in [4.78, 5) is 0. The van der Waals surface area contributed by atoms with Crippen LogP contribution < -0.4 is 0 Å². The molecular weight excluding hydrogens is 292 g/mol. The normalized spacial score (nSPS) is 38.0. The third-order valence-electron chi connectivity index (χ3n) is 4.81. The van der Waals surface area contributed by atoms with Crippen molar-refractivity contribution in [3.05, 3.63) is 0 Å². The van der Waals surface area contributed by atoms with Gasteiger partial charge in [-0.15, -0.1) is 11.8 Å². The second kappa shape index (κ2) is 8.70. The molecule has 1 saturated heterocycles. The predicted octanol–water partition coefficient (Wildman–Crippen LogP) is 0.838. The fourth-order valence-electron chi connectivity index (χ4n) is 2.54. The lowest BCUT2D eigenvalue weighted by molar-refractivity contribution is -0.205. The summed E-state index contributed by atoms with van der Waals surface area (Å²) in [6.07, 6.45) is -3.38. The molecule has 0 bridgehead atoms. The zero-order chi connectivity index (χ0) is 16.2. The third kappa shape index (κ3) is 4.81. The number of hydrogen-bond acceptors (Lipinski definition) is 6. The number of thioether (sulfide) groups is 1. The summed E-state index contributed by atoms with van der Waals surface area (Å²) >= 11 is 1.44. The van der Waals surface area contributed by atoms with Gasteiger partial charge in [-0.1, -0.05) is 34.1 Å². The number of aliphatic hydroxyl groups is 4. The molecule has 4 N–H and O–H groups in total. The van der Waals surface area contributed by atoms with E-state index in [2.05, 4.69) is 27.7 Å². The van der Waals surface area contributed by atoms with E-state index in [4.69, 9.17) is 9.84 Å². The molecule has 0 radical (unpaired) electrons. The molecule has 0 saturated carbocycles. The molecule has 6 heteroatoms. The maximum absolute atomic E-state index is 9.99. The van der Waals surface area contributed by atoms with Gasteiger partial charge in [0.2, 0.25) is 0 Å². The summed E-state index contributed by atoms with van der Waals surface area (Å²) < 4.78 is 5.50. The van der Waals surface area contributed by atoms with Crippen molar-refractivity contribution >= 4 is 11.8 Å². The molecule has 0 aliphatic carbocycles. The van der Waals surface area contributed by atoms with Gasteiger partial charge in [0.25, 0.3) is 0 Å². The fraction of sp³-hybridized carbons (Fsp3) is 1.00.